The Bertz CT molecular complexity index is 249. The number of carbonyl (C=O) groups excluding carboxylic acids is 1. The SMILES string of the molecule is CC.COc1ccc(SNC=O)cc1. The van der Waals surface area contributed by atoms with Crippen LogP contribution in [0.25, 0.3) is 0 Å². The first kappa shape index (κ1) is 12.8. The Hall–Kier alpha value is -1.16. The third-order valence-electron chi connectivity index (χ3n) is 1.28. The molecule has 0 spiro atoms. The monoisotopic (exact) mass is 213 g/mol. The number of methoxy groups -OCH3 is 1. The second kappa shape index (κ2) is 8.44. The molecule has 1 rings (SSSR count). The Morgan fingerprint density at radius 3 is 2.29 bits per heavy atom. The van der Waals surface area contributed by atoms with Crippen molar-refractivity contribution < 1.29 is 9.53 Å². The standard InChI is InChI=1S/C8H9NO2S.C2H6/c1-11-7-2-4-8(5-3-7)12-9-6-10;1-2/h2-6H,1H3,(H,9,10);1-2H3. The molecule has 0 bridgehead atoms. The summed E-state index contributed by atoms with van der Waals surface area (Å²) in [6.07, 6.45) is 0.648. The maximum absolute atomic E-state index is 9.94. The lowest BCUT2D eigenvalue weighted by atomic mass is 10.3. The molecule has 0 heterocycles. The fraction of sp³-hybridized carbons (Fsp3) is 0.300. The van der Waals surface area contributed by atoms with Gasteiger partial charge in [-0.2, -0.15) is 0 Å². The summed E-state index contributed by atoms with van der Waals surface area (Å²) in [4.78, 5) is 10.9. The third kappa shape index (κ3) is 4.77. The molecular weight excluding hydrogens is 198 g/mol. The summed E-state index contributed by atoms with van der Waals surface area (Å²) in [5.74, 6) is 0.811. The van der Waals surface area contributed by atoms with Gasteiger partial charge in [-0.3, -0.25) is 9.52 Å². The summed E-state index contributed by atoms with van der Waals surface area (Å²) in [6, 6.07) is 7.43. The summed E-state index contributed by atoms with van der Waals surface area (Å²) < 4.78 is 7.47. The fourth-order valence-electron chi connectivity index (χ4n) is 0.736. The zero-order valence-electron chi connectivity index (χ0n) is 8.61. The lowest BCUT2D eigenvalue weighted by Crippen LogP contribution is -1.96. The van der Waals surface area contributed by atoms with Crippen molar-refractivity contribution in [2.45, 2.75) is 18.7 Å². The van der Waals surface area contributed by atoms with E-state index in [1.807, 2.05) is 38.1 Å². The fourth-order valence-corrected chi connectivity index (χ4v) is 1.19. The van der Waals surface area contributed by atoms with Crippen molar-refractivity contribution in [1.29, 1.82) is 0 Å². The van der Waals surface area contributed by atoms with Crippen molar-refractivity contribution in [3.63, 3.8) is 0 Å². The molecule has 14 heavy (non-hydrogen) atoms. The summed E-state index contributed by atoms with van der Waals surface area (Å²) in [6.45, 7) is 4.00. The van der Waals surface area contributed by atoms with Gasteiger partial charge in [0.2, 0.25) is 6.41 Å². The Balaban J connectivity index is 0.000000791. The number of nitrogens with one attached hydrogen (secondary N) is 1. The zero-order valence-corrected chi connectivity index (χ0v) is 9.43. The second-order valence-electron chi connectivity index (χ2n) is 2.01. The summed E-state index contributed by atoms with van der Waals surface area (Å²) >= 11 is 1.27. The van der Waals surface area contributed by atoms with Crippen molar-refractivity contribution in [2.24, 2.45) is 0 Å². The van der Waals surface area contributed by atoms with Gasteiger partial charge < -0.3 is 4.74 Å². The van der Waals surface area contributed by atoms with E-state index in [1.54, 1.807) is 7.11 Å². The smallest absolute Gasteiger partial charge is 0.217 e. The van der Waals surface area contributed by atoms with Crippen LogP contribution < -0.4 is 9.46 Å². The van der Waals surface area contributed by atoms with Gasteiger partial charge in [-0.1, -0.05) is 13.8 Å². The van der Waals surface area contributed by atoms with Gasteiger partial charge in [-0.15, -0.1) is 0 Å². The molecule has 3 nitrogen and oxygen atoms in total. The molecule has 0 radical (unpaired) electrons. The first-order chi connectivity index (χ1) is 6.86. The van der Waals surface area contributed by atoms with E-state index in [9.17, 15) is 4.79 Å². The van der Waals surface area contributed by atoms with E-state index < -0.39 is 0 Å². The van der Waals surface area contributed by atoms with Gasteiger partial charge in [-0.25, -0.2) is 0 Å². The number of carbonyl (C=O) groups is 1. The molecule has 0 saturated carbocycles. The normalized spacial score (nSPS) is 8.21. The lowest BCUT2D eigenvalue weighted by molar-refractivity contribution is -0.107. The van der Waals surface area contributed by atoms with Gasteiger partial charge in [0, 0.05) is 4.90 Å². The van der Waals surface area contributed by atoms with E-state index in [0.29, 0.717) is 6.41 Å². The molecule has 1 amide bonds. The second-order valence-corrected chi connectivity index (χ2v) is 2.92. The van der Waals surface area contributed by atoms with E-state index >= 15 is 0 Å². The molecule has 0 aliphatic rings. The van der Waals surface area contributed by atoms with Crippen LogP contribution in [-0.2, 0) is 4.79 Å². The van der Waals surface area contributed by atoms with Crippen molar-refractivity contribution in [2.75, 3.05) is 7.11 Å². The number of hydrogen-bond acceptors (Lipinski definition) is 3. The molecule has 1 aromatic carbocycles. The maximum atomic E-state index is 9.94. The number of hydrogen-bond donors (Lipinski definition) is 1. The number of amides is 1. The number of ether oxygens (including phenoxy) is 1. The average Bonchev–Trinajstić information content (AvgIpc) is 2.30. The highest BCUT2D eigenvalue weighted by Gasteiger charge is 1.92. The van der Waals surface area contributed by atoms with Gasteiger partial charge in [0.1, 0.15) is 5.75 Å². The number of rotatable bonds is 4. The molecule has 0 aromatic heterocycles. The van der Waals surface area contributed by atoms with E-state index in [-0.39, 0.29) is 0 Å². The predicted molar refractivity (Wildman–Crippen MR) is 59.4 cm³/mol. The van der Waals surface area contributed by atoms with Crippen LogP contribution in [0.5, 0.6) is 5.75 Å². The van der Waals surface area contributed by atoms with E-state index in [2.05, 4.69) is 4.72 Å². The Labute approximate surface area is 89.0 Å². The average molecular weight is 213 g/mol. The van der Waals surface area contributed by atoms with Crippen LogP contribution in [0.15, 0.2) is 29.2 Å². The minimum Gasteiger partial charge on any atom is -0.497 e. The zero-order chi connectivity index (χ0) is 10.8. The molecule has 0 saturated heterocycles. The summed E-state index contributed by atoms with van der Waals surface area (Å²) in [5.41, 5.74) is 0. The molecular formula is C10H15NO2S. The van der Waals surface area contributed by atoms with Crippen LogP contribution >= 0.6 is 11.9 Å². The van der Waals surface area contributed by atoms with Gasteiger partial charge in [0.25, 0.3) is 0 Å². The quantitative estimate of drug-likeness (QED) is 0.617. The van der Waals surface area contributed by atoms with Crippen molar-refractivity contribution >= 4 is 18.4 Å². The van der Waals surface area contributed by atoms with E-state index in [4.69, 9.17) is 4.74 Å². The Morgan fingerprint density at radius 2 is 1.86 bits per heavy atom. The van der Waals surface area contributed by atoms with Crippen LogP contribution in [-0.4, -0.2) is 13.5 Å². The van der Waals surface area contributed by atoms with Crippen molar-refractivity contribution in [1.82, 2.24) is 4.72 Å². The Morgan fingerprint density at radius 1 is 1.29 bits per heavy atom. The van der Waals surface area contributed by atoms with E-state index in [1.165, 1.54) is 11.9 Å². The highest BCUT2D eigenvalue weighted by molar-refractivity contribution is 7.97. The van der Waals surface area contributed by atoms with Crippen LogP contribution in [0, 0.1) is 0 Å². The predicted octanol–water partition coefficient (Wildman–Crippen LogP) is 2.47. The summed E-state index contributed by atoms with van der Waals surface area (Å²) in [7, 11) is 1.62. The van der Waals surface area contributed by atoms with Gasteiger partial charge in [0.05, 0.1) is 7.11 Å². The molecule has 0 aliphatic carbocycles. The van der Waals surface area contributed by atoms with Gasteiger partial charge in [-0.05, 0) is 36.2 Å². The summed E-state index contributed by atoms with van der Waals surface area (Å²) in [5, 5.41) is 0. The lowest BCUT2D eigenvalue weighted by Gasteiger charge is -2.00. The maximum Gasteiger partial charge on any atom is 0.217 e. The minimum atomic E-state index is 0.648. The third-order valence-corrected chi connectivity index (χ3v) is 2.01. The Kier molecular flexibility index (Phi) is 7.74. The van der Waals surface area contributed by atoms with E-state index in [0.717, 1.165) is 10.6 Å². The first-order valence-corrected chi connectivity index (χ1v) is 5.18. The molecule has 1 N–H and O–H groups in total. The topological polar surface area (TPSA) is 38.3 Å². The molecule has 0 unspecified atom stereocenters. The molecule has 0 aliphatic heterocycles. The molecule has 78 valence electrons. The van der Waals surface area contributed by atoms with Crippen LogP contribution in [0.3, 0.4) is 0 Å². The first-order valence-electron chi connectivity index (χ1n) is 4.37. The largest absolute Gasteiger partial charge is 0.497 e. The van der Waals surface area contributed by atoms with Gasteiger partial charge in [0.15, 0.2) is 0 Å². The highest BCUT2D eigenvalue weighted by atomic mass is 32.2. The number of benzene rings is 1. The van der Waals surface area contributed by atoms with Crippen LogP contribution in [0.2, 0.25) is 0 Å². The van der Waals surface area contributed by atoms with Gasteiger partial charge >= 0.3 is 0 Å². The highest BCUT2D eigenvalue weighted by Crippen LogP contribution is 2.17. The van der Waals surface area contributed by atoms with Crippen LogP contribution in [0.1, 0.15) is 13.8 Å². The molecule has 0 atom stereocenters. The molecule has 0 fully saturated rings. The van der Waals surface area contributed by atoms with Crippen molar-refractivity contribution in [3.05, 3.63) is 24.3 Å². The van der Waals surface area contributed by atoms with Crippen molar-refractivity contribution in [3.8, 4) is 5.75 Å². The molecule has 1 aromatic rings. The van der Waals surface area contributed by atoms with Crippen LogP contribution in [0.4, 0.5) is 0 Å². The minimum absolute atomic E-state index is 0.648. The molecule has 4 heteroatoms.